The number of amides is 1. The van der Waals surface area contributed by atoms with E-state index in [-0.39, 0.29) is 35.7 Å². The largest absolute Gasteiger partial charge is 0.507 e. The molecule has 0 aliphatic carbocycles. The molecule has 1 atom stereocenters. The maximum atomic E-state index is 13.1. The van der Waals surface area contributed by atoms with Crippen molar-refractivity contribution in [3.8, 4) is 28.0 Å². The number of phenolic OH excluding ortho intramolecular Hbond substituents is 1. The van der Waals surface area contributed by atoms with E-state index < -0.39 is 17.6 Å². The second kappa shape index (κ2) is 11.4. The molecule has 0 unspecified atom stereocenters. The highest BCUT2D eigenvalue weighted by Crippen LogP contribution is 2.44. The van der Waals surface area contributed by atoms with Crippen molar-refractivity contribution in [2.45, 2.75) is 26.1 Å². The van der Waals surface area contributed by atoms with Gasteiger partial charge in [-0.05, 0) is 61.4 Å². The number of rotatable bonds is 7. The van der Waals surface area contributed by atoms with Gasteiger partial charge in [-0.2, -0.15) is 13.2 Å². The van der Waals surface area contributed by atoms with E-state index in [1.165, 1.54) is 6.07 Å². The number of hydrogen-bond acceptors (Lipinski definition) is 8. The maximum absolute atomic E-state index is 13.1. The third-order valence-corrected chi connectivity index (χ3v) is 6.56. The van der Waals surface area contributed by atoms with Gasteiger partial charge in [0.2, 0.25) is 5.95 Å². The molecular formula is C30H25F3N6O3. The fourth-order valence-corrected chi connectivity index (χ4v) is 4.41. The highest BCUT2D eigenvalue weighted by molar-refractivity contribution is 6.06. The summed E-state index contributed by atoms with van der Waals surface area (Å²) < 4.78 is 39.4. The Hall–Kier alpha value is -5.10. The van der Waals surface area contributed by atoms with Crippen LogP contribution in [0.15, 0.2) is 73.3 Å². The molecule has 0 saturated carbocycles. The predicted octanol–water partition coefficient (Wildman–Crippen LogP) is 5.83. The van der Waals surface area contributed by atoms with Crippen LogP contribution in [0.5, 0.6) is 5.75 Å². The minimum Gasteiger partial charge on any atom is -0.507 e. The lowest BCUT2D eigenvalue weighted by atomic mass is 9.92. The van der Waals surface area contributed by atoms with Gasteiger partial charge in [0, 0.05) is 52.9 Å². The van der Waals surface area contributed by atoms with Gasteiger partial charge in [0.25, 0.3) is 5.91 Å². The van der Waals surface area contributed by atoms with Crippen LogP contribution in [0.2, 0.25) is 0 Å². The topological polar surface area (TPSA) is 133 Å². The normalized spacial score (nSPS) is 12.2. The van der Waals surface area contributed by atoms with E-state index in [2.05, 4.69) is 30.6 Å². The minimum absolute atomic E-state index is 0.115. The highest BCUT2D eigenvalue weighted by Gasteiger charge is 2.31. The number of phenols is 1. The van der Waals surface area contributed by atoms with E-state index in [4.69, 9.17) is 0 Å². The molecular weight excluding hydrogens is 549 g/mol. The monoisotopic (exact) mass is 574 g/mol. The molecule has 1 amide bonds. The molecule has 9 nitrogen and oxygen atoms in total. The molecule has 0 radical (unpaired) electrons. The summed E-state index contributed by atoms with van der Waals surface area (Å²) in [5.41, 5.74) is 2.25. The number of halogens is 3. The van der Waals surface area contributed by atoms with Gasteiger partial charge < -0.3 is 20.8 Å². The zero-order chi connectivity index (χ0) is 30.0. The van der Waals surface area contributed by atoms with Gasteiger partial charge in [0.15, 0.2) is 0 Å². The first-order valence-corrected chi connectivity index (χ1v) is 12.8. The first-order valence-electron chi connectivity index (χ1n) is 12.8. The Morgan fingerprint density at radius 3 is 2.55 bits per heavy atom. The summed E-state index contributed by atoms with van der Waals surface area (Å²) >= 11 is 0. The first-order chi connectivity index (χ1) is 20.0. The average molecular weight is 575 g/mol. The van der Waals surface area contributed by atoms with Crippen molar-refractivity contribution in [1.82, 2.24) is 19.9 Å². The van der Waals surface area contributed by atoms with Gasteiger partial charge in [-0.1, -0.05) is 12.1 Å². The summed E-state index contributed by atoms with van der Waals surface area (Å²) in [6.45, 7) is 3.44. The summed E-state index contributed by atoms with van der Waals surface area (Å²) in [6, 6.07) is 11.2. The van der Waals surface area contributed by atoms with Crippen LogP contribution in [0.25, 0.3) is 33.2 Å². The molecule has 0 fully saturated rings. The van der Waals surface area contributed by atoms with Crippen molar-refractivity contribution in [1.29, 1.82) is 0 Å². The SMILES string of the molecule is Cc1ccc(C(=O)Nc2cc(C(F)(F)F)ccn2)cc1-c1cc2cnc(N[C@@H](C)CO)nc2c(-c2cccnc2)c1O. The molecule has 5 aromatic rings. The number of aliphatic hydroxyl groups excluding tert-OH is 1. The first kappa shape index (κ1) is 28.4. The van der Waals surface area contributed by atoms with Gasteiger partial charge in [0.05, 0.1) is 23.3 Å². The molecule has 42 heavy (non-hydrogen) atoms. The predicted molar refractivity (Wildman–Crippen MR) is 152 cm³/mol. The lowest BCUT2D eigenvalue weighted by Gasteiger charge is -2.17. The second-order valence-corrected chi connectivity index (χ2v) is 9.66. The van der Waals surface area contributed by atoms with Crippen LogP contribution in [-0.4, -0.2) is 48.7 Å². The lowest BCUT2D eigenvalue weighted by molar-refractivity contribution is -0.137. The molecule has 12 heteroatoms. The lowest BCUT2D eigenvalue weighted by Crippen LogP contribution is -2.20. The van der Waals surface area contributed by atoms with E-state index in [0.717, 1.165) is 23.9 Å². The molecule has 0 spiro atoms. The Morgan fingerprint density at radius 1 is 1.02 bits per heavy atom. The van der Waals surface area contributed by atoms with Gasteiger partial charge in [-0.3, -0.25) is 9.78 Å². The number of carbonyl (C=O) groups is 1. The Morgan fingerprint density at radius 2 is 1.83 bits per heavy atom. The Bertz CT molecular complexity index is 1780. The minimum atomic E-state index is -4.59. The number of aliphatic hydroxyl groups is 1. The maximum Gasteiger partial charge on any atom is 0.416 e. The molecule has 0 bridgehead atoms. The molecule has 3 heterocycles. The van der Waals surface area contributed by atoms with Crippen LogP contribution in [-0.2, 0) is 6.18 Å². The summed E-state index contributed by atoms with van der Waals surface area (Å²) in [5, 5.41) is 27.1. The molecule has 0 saturated heterocycles. The van der Waals surface area contributed by atoms with Crippen LogP contribution in [0.4, 0.5) is 24.9 Å². The van der Waals surface area contributed by atoms with Gasteiger partial charge in [0.1, 0.15) is 11.6 Å². The molecule has 0 aliphatic rings. The van der Waals surface area contributed by atoms with Crippen LogP contribution in [0.1, 0.15) is 28.4 Å². The number of fused-ring (bicyclic) bond motifs is 1. The smallest absolute Gasteiger partial charge is 0.416 e. The second-order valence-electron chi connectivity index (χ2n) is 9.66. The Labute approximate surface area is 238 Å². The number of alkyl halides is 3. The van der Waals surface area contributed by atoms with Crippen molar-refractivity contribution in [2.75, 3.05) is 17.2 Å². The van der Waals surface area contributed by atoms with Crippen LogP contribution < -0.4 is 10.6 Å². The number of benzene rings is 2. The number of nitrogens with zero attached hydrogens (tertiary/aromatic N) is 4. The number of aryl methyl sites for hydroxylation is 1. The van der Waals surface area contributed by atoms with Gasteiger partial charge >= 0.3 is 6.18 Å². The quantitative estimate of drug-likeness (QED) is 0.191. The summed E-state index contributed by atoms with van der Waals surface area (Å²) in [7, 11) is 0. The average Bonchev–Trinajstić information content (AvgIpc) is 2.97. The van der Waals surface area contributed by atoms with Gasteiger partial charge in [-0.25, -0.2) is 15.0 Å². The number of pyridine rings is 2. The summed E-state index contributed by atoms with van der Waals surface area (Å²) in [5.74, 6) is -0.774. The van der Waals surface area contributed by atoms with E-state index in [0.29, 0.717) is 33.2 Å². The number of nitrogens with one attached hydrogen (secondary N) is 2. The van der Waals surface area contributed by atoms with E-state index in [1.807, 2.05) is 0 Å². The molecule has 214 valence electrons. The molecule has 0 aliphatic heterocycles. The zero-order valence-corrected chi connectivity index (χ0v) is 22.4. The zero-order valence-electron chi connectivity index (χ0n) is 22.4. The van der Waals surface area contributed by atoms with Crippen LogP contribution in [0.3, 0.4) is 0 Å². The van der Waals surface area contributed by atoms with Crippen molar-refractivity contribution in [3.05, 3.63) is 90.0 Å². The van der Waals surface area contributed by atoms with Crippen molar-refractivity contribution >= 4 is 28.6 Å². The van der Waals surface area contributed by atoms with Crippen molar-refractivity contribution in [2.24, 2.45) is 0 Å². The van der Waals surface area contributed by atoms with Crippen LogP contribution in [0, 0.1) is 6.92 Å². The van der Waals surface area contributed by atoms with Crippen molar-refractivity contribution < 1.29 is 28.2 Å². The number of aromatic nitrogens is 4. The standard InChI is InChI=1S/C30H25F3N6O3/c1-16-5-6-18(28(42)38-24-12-21(7-9-35-24)30(31,32)33)10-22(16)23-11-20-14-36-29(37-17(2)15-40)39-26(20)25(27(23)41)19-4-3-8-34-13-19/h3-14,17,40-41H,15H2,1-2H3,(H,35,38,42)(H,36,37,39)/t17-/m0/s1. The summed E-state index contributed by atoms with van der Waals surface area (Å²) in [6.07, 6.45) is 1.16. The number of anilines is 2. The fourth-order valence-electron chi connectivity index (χ4n) is 4.41. The Balaban J connectivity index is 1.60. The molecule has 2 aromatic carbocycles. The van der Waals surface area contributed by atoms with Crippen molar-refractivity contribution in [3.63, 3.8) is 0 Å². The number of carbonyl (C=O) groups excluding carboxylic acids is 1. The van der Waals surface area contributed by atoms with Gasteiger partial charge in [-0.15, -0.1) is 0 Å². The van der Waals surface area contributed by atoms with E-state index >= 15 is 0 Å². The third kappa shape index (κ3) is 5.84. The summed E-state index contributed by atoms with van der Waals surface area (Å²) in [4.78, 5) is 30.0. The van der Waals surface area contributed by atoms with Crippen LogP contribution >= 0.6 is 0 Å². The molecule has 5 rings (SSSR count). The van der Waals surface area contributed by atoms with E-state index in [1.54, 1.807) is 62.8 Å². The number of hydrogen-bond donors (Lipinski definition) is 4. The number of aromatic hydroxyl groups is 1. The third-order valence-electron chi connectivity index (χ3n) is 6.56. The molecule has 3 aromatic heterocycles. The Kier molecular flexibility index (Phi) is 7.72. The molecule has 4 N–H and O–H groups in total. The fraction of sp³-hybridized carbons (Fsp3) is 0.167. The highest BCUT2D eigenvalue weighted by atomic mass is 19.4. The van der Waals surface area contributed by atoms with E-state index in [9.17, 15) is 28.2 Å².